The number of carbonyl (C=O) groups excluding carboxylic acids is 1. The van der Waals surface area contributed by atoms with Crippen molar-refractivity contribution < 1.29 is 4.79 Å². The maximum absolute atomic E-state index is 12.5. The molecule has 0 bridgehead atoms. The average molecular weight is 318 g/mol. The second-order valence-corrected chi connectivity index (χ2v) is 6.11. The summed E-state index contributed by atoms with van der Waals surface area (Å²) in [5.74, 6) is 0.0283. The molecule has 0 saturated carbocycles. The lowest BCUT2D eigenvalue weighted by molar-refractivity contribution is -0.121. The van der Waals surface area contributed by atoms with Crippen molar-refractivity contribution in [1.29, 1.82) is 0 Å². The number of hydrogen-bond donors (Lipinski definition) is 1. The molecule has 122 valence electrons. The lowest BCUT2D eigenvalue weighted by Crippen LogP contribution is -2.29. The van der Waals surface area contributed by atoms with Crippen LogP contribution in [0.1, 0.15) is 36.1 Å². The van der Waals surface area contributed by atoms with Gasteiger partial charge in [0.25, 0.3) is 0 Å². The molecule has 1 atom stereocenters. The maximum Gasteiger partial charge on any atom is 0.224 e. The van der Waals surface area contributed by atoms with Gasteiger partial charge in [-0.3, -0.25) is 9.78 Å². The Labute approximate surface area is 142 Å². The first-order chi connectivity index (χ1) is 11.7. The molecular weight excluding hydrogens is 296 g/mol. The monoisotopic (exact) mass is 318 g/mol. The molecule has 0 saturated heterocycles. The number of pyridine rings is 1. The zero-order chi connectivity index (χ0) is 16.9. The number of benzene rings is 2. The molecule has 0 radical (unpaired) electrons. The third-order valence-corrected chi connectivity index (χ3v) is 4.29. The number of para-hydroxylation sites is 1. The van der Waals surface area contributed by atoms with Crippen LogP contribution >= 0.6 is 0 Å². The molecule has 3 nitrogen and oxygen atoms in total. The van der Waals surface area contributed by atoms with E-state index in [1.54, 1.807) is 6.20 Å². The van der Waals surface area contributed by atoms with E-state index in [0.29, 0.717) is 6.42 Å². The summed E-state index contributed by atoms with van der Waals surface area (Å²) >= 11 is 0. The van der Waals surface area contributed by atoms with Crippen LogP contribution in [0.2, 0.25) is 0 Å². The van der Waals surface area contributed by atoms with Gasteiger partial charge in [-0.1, -0.05) is 61.0 Å². The van der Waals surface area contributed by atoms with Gasteiger partial charge in [0.15, 0.2) is 0 Å². The van der Waals surface area contributed by atoms with E-state index in [9.17, 15) is 4.79 Å². The molecule has 1 aromatic heterocycles. The first-order valence-electron chi connectivity index (χ1n) is 8.36. The Hall–Kier alpha value is -2.68. The topological polar surface area (TPSA) is 42.0 Å². The number of fused-ring (bicyclic) bond motifs is 1. The molecule has 0 aliphatic rings. The predicted octanol–water partition coefficient (Wildman–Crippen LogP) is 4.35. The fourth-order valence-corrected chi connectivity index (χ4v) is 2.95. The maximum atomic E-state index is 12.5. The van der Waals surface area contributed by atoms with Crippen molar-refractivity contribution in [2.24, 2.45) is 0 Å². The summed E-state index contributed by atoms with van der Waals surface area (Å²) in [4.78, 5) is 16.9. The molecule has 1 amide bonds. The van der Waals surface area contributed by atoms with Crippen molar-refractivity contribution in [2.75, 3.05) is 0 Å². The van der Waals surface area contributed by atoms with Crippen LogP contribution in [0.3, 0.4) is 0 Å². The van der Waals surface area contributed by atoms with E-state index in [4.69, 9.17) is 0 Å². The first kappa shape index (κ1) is 16.2. The Kier molecular flexibility index (Phi) is 4.90. The Morgan fingerprint density at radius 2 is 1.83 bits per heavy atom. The SMILES string of the molecule is CC[C@H](NC(=O)Cc1cccc2cccnc12)c1ccc(C)cc1. The van der Waals surface area contributed by atoms with E-state index >= 15 is 0 Å². The second-order valence-electron chi connectivity index (χ2n) is 6.11. The molecular formula is C21H22N2O. The van der Waals surface area contributed by atoms with Gasteiger partial charge in [-0.05, 0) is 30.5 Å². The molecule has 3 aromatic rings. The smallest absolute Gasteiger partial charge is 0.224 e. The zero-order valence-electron chi connectivity index (χ0n) is 14.1. The van der Waals surface area contributed by atoms with E-state index in [-0.39, 0.29) is 11.9 Å². The fraction of sp³-hybridized carbons (Fsp3) is 0.238. The van der Waals surface area contributed by atoms with Crippen LogP contribution in [0.15, 0.2) is 60.8 Å². The summed E-state index contributed by atoms with van der Waals surface area (Å²) in [5.41, 5.74) is 4.23. The highest BCUT2D eigenvalue weighted by Crippen LogP contribution is 2.19. The Balaban J connectivity index is 1.75. The highest BCUT2D eigenvalue weighted by Gasteiger charge is 2.14. The highest BCUT2D eigenvalue weighted by molar-refractivity contribution is 5.87. The number of carbonyl (C=O) groups is 1. The van der Waals surface area contributed by atoms with Crippen molar-refractivity contribution in [1.82, 2.24) is 10.3 Å². The van der Waals surface area contributed by atoms with Crippen LogP contribution in [-0.2, 0) is 11.2 Å². The molecule has 0 spiro atoms. The number of nitrogens with one attached hydrogen (secondary N) is 1. The van der Waals surface area contributed by atoms with Crippen LogP contribution < -0.4 is 5.32 Å². The van der Waals surface area contributed by atoms with Crippen LogP contribution in [0.5, 0.6) is 0 Å². The Bertz CT molecular complexity index is 835. The summed E-state index contributed by atoms with van der Waals surface area (Å²) in [6.45, 7) is 4.15. The molecule has 3 heteroatoms. The lowest BCUT2D eigenvalue weighted by atomic mass is 10.0. The standard InChI is InChI=1S/C21H22N2O/c1-3-19(16-11-9-15(2)10-12-16)23-20(24)14-18-7-4-6-17-8-5-13-22-21(17)18/h4-13,19H,3,14H2,1-2H3,(H,23,24)/t19-/m0/s1. The molecule has 0 aliphatic carbocycles. The molecule has 3 rings (SSSR count). The number of rotatable bonds is 5. The quantitative estimate of drug-likeness (QED) is 0.760. The van der Waals surface area contributed by atoms with Gasteiger partial charge in [0.2, 0.25) is 5.91 Å². The van der Waals surface area contributed by atoms with E-state index in [2.05, 4.69) is 48.4 Å². The molecule has 2 aromatic carbocycles. The molecule has 0 aliphatic heterocycles. The van der Waals surface area contributed by atoms with E-state index in [0.717, 1.165) is 28.5 Å². The Morgan fingerprint density at radius 1 is 1.08 bits per heavy atom. The van der Waals surface area contributed by atoms with Crippen molar-refractivity contribution in [3.8, 4) is 0 Å². The van der Waals surface area contributed by atoms with Gasteiger partial charge in [0.05, 0.1) is 18.0 Å². The van der Waals surface area contributed by atoms with Gasteiger partial charge in [-0.2, -0.15) is 0 Å². The van der Waals surface area contributed by atoms with Gasteiger partial charge < -0.3 is 5.32 Å². The van der Waals surface area contributed by atoms with Crippen molar-refractivity contribution in [2.45, 2.75) is 32.7 Å². The van der Waals surface area contributed by atoms with Gasteiger partial charge in [0.1, 0.15) is 0 Å². The predicted molar refractivity (Wildman–Crippen MR) is 97.8 cm³/mol. The van der Waals surface area contributed by atoms with E-state index in [1.165, 1.54) is 5.56 Å². The highest BCUT2D eigenvalue weighted by atomic mass is 16.1. The van der Waals surface area contributed by atoms with E-state index in [1.807, 2.05) is 30.3 Å². The summed E-state index contributed by atoms with van der Waals surface area (Å²) in [5, 5.41) is 4.21. The second kappa shape index (κ2) is 7.26. The average Bonchev–Trinajstić information content (AvgIpc) is 2.61. The van der Waals surface area contributed by atoms with Gasteiger partial charge in [-0.15, -0.1) is 0 Å². The summed E-state index contributed by atoms with van der Waals surface area (Å²) < 4.78 is 0. The largest absolute Gasteiger partial charge is 0.349 e. The van der Waals surface area contributed by atoms with Crippen LogP contribution in [0.25, 0.3) is 10.9 Å². The number of aromatic nitrogens is 1. The molecule has 1 heterocycles. The third kappa shape index (κ3) is 3.62. The molecule has 0 fully saturated rings. The van der Waals surface area contributed by atoms with Crippen LogP contribution in [0.4, 0.5) is 0 Å². The third-order valence-electron chi connectivity index (χ3n) is 4.29. The van der Waals surface area contributed by atoms with Crippen LogP contribution in [0, 0.1) is 6.92 Å². The molecule has 1 N–H and O–H groups in total. The lowest BCUT2D eigenvalue weighted by Gasteiger charge is -2.18. The molecule has 24 heavy (non-hydrogen) atoms. The Morgan fingerprint density at radius 3 is 2.58 bits per heavy atom. The zero-order valence-corrected chi connectivity index (χ0v) is 14.1. The summed E-state index contributed by atoms with van der Waals surface area (Å²) in [6.07, 6.45) is 2.98. The molecule has 0 unspecified atom stereocenters. The summed E-state index contributed by atoms with van der Waals surface area (Å²) in [6, 6.07) is 18.3. The normalized spacial score (nSPS) is 12.1. The van der Waals surface area contributed by atoms with Crippen LogP contribution in [-0.4, -0.2) is 10.9 Å². The minimum atomic E-state index is 0.0283. The van der Waals surface area contributed by atoms with Gasteiger partial charge >= 0.3 is 0 Å². The minimum absolute atomic E-state index is 0.0283. The number of hydrogen-bond acceptors (Lipinski definition) is 2. The first-order valence-corrected chi connectivity index (χ1v) is 8.36. The van der Waals surface area contributed by atoms with Gasteiger partial charge in [0, 0.05) is 11.6 Å². The van der Waals surface area contributed by atoms with Crippen molar-refractivity contribution >= 4 is 16.8 Å². The van der Waals surface area contributed by atoms with Crippen molar-refractivity contribution in [3.63, 3.8) is 0 Å². The fourth-order valence-electron chi connectivity index (χ4n) is 2.95. The van der Waals surface area contributed by atoms with Crippen molar-refractivity contribution in [3.05, 3.63) is 77.5 Å². The van der Waals surface area contributed by atoms with E-state index < -0.39 is 0 Å². The summed E-state index contributed by atoms with van der Waals surface area (Å²) in [7, 11) is 0. The number of aryl methyl sites for hydroxylation is 1. The number of amides is 1. The number of nitrogens with zero attached hydrogens (tertiary/aromatic N) is 1. The van der Waals surface area contributed by atoms with Gasteiger partial charge in [-0.25, -0.2) is 0 Å². The minimum Gasteiger partial charge on any atom is -0.349 e.